The van der Waals surface area contributed by atoms with Crippen LogP contribution in [0.5, 0.6) is 0 Å². The predicted octanol–water partition coefficient (Wildman–Crippen LogP) is 2.68. The maximum Gasteiger partial charge on any atom is 0.330 e. The first-order valence-corrected chi connectivity index (χ1v) is 9.88. The van der Waals surface area contributed by atoms with Crippen molar-refractivity contribution in [2.75, 3.05) is 17.2 Å². The van der Waals surface area contributed by atoms with Crippen molar-refractivity contribution < 1.29 is 4.79 Å². The van der Waals surface area contributed by atoms with Gasteiger partial charge in [0.1, 0.15) is 5.82 Å². The number of hydrogen-bond donors (Lipinski definition) is 2. The minimum atomic E-state index is -0.649. The van der Waals surface area contributed by atoms with Gasteiger partial charge in [-0.25, -0.2) is 4.79 Å². The average Bonchev–Trinajstić information content (AvgIpc) is 3.11. The van der Waals surface area contributed by atoms with Gasteiger partial charge >= 0.3 is 5.69 Å². The van der Waals surface area contributed by atoms with Crippen LogP contribution in [0.1, 0.15) is 38.5 Å². The van der Waals surface area contributed by atoms with Crippen molar-refractivity contribution >= 4 is 34.8 Å². The molecule has 0 aliphatic carbocycles. The fourth-order valence-corrected chi connectivity index (χ4v) is 3.28. The van der Waals surface area contributed by atoms with E-state index in [4.69, 9.17) is 5.73 Å². The van der Waals surface area contributed by atoms with Gasteiger partial charge in [-0.05, 0) is 29.9 Å². The van der Waals surface area contributed by atoms with Gasteiger partial charge in [-0.1, -0.05) is 33.3 Å². The molecule has 0 saturated heterocycles. The van der Waals surface area contributed by atoms with Gasteiger partial charge in [0, 0.05) is 24.0 Å². The van der Waals surface area contributed by atoms with E-state index in [9.17, 15) is 14.4 Å². The SMILES string of the molecule is CCCCn1c(N)c(N(CC(C)C)C(=O)C=Cc2cccs2)c(=O)[nH]c1=O. The van der Waals surface area contributed by atoms with Crippen LogP contribution < -0.4 is 21.9 Å². The first-order valence-electron chi connectivity index (χ1n) is 9.00. The third kappa shape index (κ3) is 5.19. The highest BCUT2D eigenvalue weighted by molar-refractivity contribution is 7.10. The summed E-state index contributed by atoms with van der Waals surface area (Å²) < 4.78 is 1.32. The smallest absolute Gasteiger partial charge is 0.330 e. The van der Waals surface area contributed by atoms with Gasteiger partial charge in [-0.15, -0.1) is 11.3 Å². The Labute approximate surface area is 162 Å². The Morgan fingerprint density at radius 2 is 2.15 bits per heavy atom. The fourth-order valence-electron chi connectivity index (χ4n) is 2.66. The number of aromatic amines is 1. The molecule has 2 rings (SSSR count). The number of carbonyl (C=O) groups is 1. The minimum Gasteiger partial charge on any atom is -0.383 e. The summed E-state index contributed by atoms with van der Waals surface area (Å²) in [7, 11) is 0. The number of anilines is 2. The first-order chi connectivity index (χ1) is 12.8. The minimum absolute atomic E-state index is 0.0238. The summed E-state index contributed by atoms with van der Waals surface area (Å²) in [6, 6.07) is 3.79. The molecule has 146 valence electrons. The molecule has 0 aromatic carbocycles. The topological polar surface area (TPSA) is 101 Å². The highest BCUT2D eigenvalue weighted by atomic mass is 32.1. The molecular weight excluding hydrogens is 364 g/mol. The zero-order chi connectivity index (χ0) is 20.0. The molecule has 0 spiro atoms. The molecule has 0 saturated carbocycles. The van der Waals surface area contributed by atoms with Crippen LogP contribution in [0.2, 0.25) is 0 Å². The van der Waals surface area contributed by atoms with Crippen molar-refractivity contribution in [2.24, 2.45) is 5.92 Å². The molecule has 0 atom stereocenters. The van der Waals surface area contributed by atoms with Gasteiger partial charge in [0.25, 0.3) is 11.5 Å². The van der Waals surface area contributed by atoms with Gasteiger partial charge < -0.3 is 10.6 Å². The number of nitrogens with two attached hydrogens (primary N) is 1. The zero-order valence-corrected chi connectivity index (χ0v) is 16.7. The molecular formula is C19H26N4O3S. The number of rotatable bonds is 8. The summed E-state index contributed by atoms with van der Waals surface area (Å²) in [4.78, 5) is 42.0. The molecule has 0 aliphatic heterocycles. The standard InChI is InChI=1S/C19H26N4O3S/c1-4-5-10-22-17(20)16(18(25)21-19(22)26)23(12-13(2)3)15(24)9-8-14-7-6-11-27-14/h6-9,11,13H,4-5,10,12,20H2,1-3H3,(H,21,25,26). The molecule has 2 aromatic rings. The number of H-pyrrole nitrogens is 1. The zero-order valence-electron chi connectivity index (χ0n) is 15.9. The van der Waals surface area contributed by atoms with E-state index in [1.807, 2.05) is 38.3 Å². The van der Waals surface area contributed by atoms with E-state index in [0.717, 1.165) is 17.7 Å². The van der Waals surface area contributed by atoms with Crippen molar-refractivity contribution in [1.82, 2.24) is 9.55 Å². The van der Waals surface area contributed by atoms with Gasteiger partial charge in [0.05, 0.1) is 0 Å². The van der Waals surface area contributed by atoms with E-state index in [0.29, 0.717) is 13.1 Å². The Bertz CT molecular complexity index is 910. The fraction of sp³-hybridized carbons (Fsp3) is 0.421. The lowest BCUT2D eigenvalue weighted by molar-refractivity contribution is -0.114. The van der Waals surface area contributed by atoms with Crippen molar-refractivity contribution in [3.8, 4) is 0 Å². The molecule has 0 aliphatic rings. The number of nitrogens with one attached hydrogen (secondary N) is 1. The summed E-state index contributed by atoms with van der Waals surface area (Å²) in [6.07, 6.45) is 4.75. The Hall–Kier alpha value is -2.61. The number of nitrogens with zero attached hydrogens (tertiary/aromatic N) is 2. The Balaban J connectivity index is 2.48. The number of unbranched alkanes of at least 4 members (excludes halogenated alkanes) is 1. The first kappa shape index (κ1) is 20.7. The van der Waals surface area contributed by atoms with Crippen LogP contribution in [0.25, 0.3) is 6.08 Å². The molecule has 3 N–H and O–H groups in total. The number of thiophene rings is 1. The third-order valence-corrected chi connectivity index (χ3v) is 4.80. The molecule has 2 heterocycles. The van der Waals surface area contributed by atoms with Crippen LogP contribution in [0.15, 0.2) is 33.2 Å². The van der Waals surface area contributed by atoms with E-state index >= 15 is 0 Å². The molecule has 0 fully saturated rings. The maximum atomic E-state index is 12.8. The van der Waals surface area contributed by atoms with Crippen molar-refractivity contribution in [3.63, 3.8) is 0 Å². The van der Waals surface area contributed by atoms with Crippen molar-refractivity contribution in [1.29, 1.82) is 0 Å². The monoisotopic (exact) mass is 390 g/mol. The average molecular weight is 391 g/mol. The van der Waals surface area contributed by atoms with Crippen LogP contribution in [-0.2, 0) is 11.3 Å². The van der Waals surface area contributed by atoms with E-state index in [1.165, 1.54) is 26.9 Å². The van der Waals surface area contributed by atoms with Gasteiger partial charge in [-0.2, -0.15) is 0 Å². The Morgan fingerprint density at radius 3 is 2.74 bits per heavy atom. The summed E-state index contributed by atoms with van der Waals surface area (Å²) in [5, 5.41) is 1.92. The van der Waals surface area contributed by atoms with E-state index in [-0.39, 0.29) is 23.3 Å². The van der Waals surface area contributed by atoms with Crippen molar-refractivity contribution in [2.45, 2.75) is 40.2 Å². The summed E-state index contributed by atoms with van der Waals surface area (Å²) >= 11 is 1.51. The lowest BCUT2D eigenvalue weighted by Crippen LogP contribution is -2.42. The predicted molar refractivity (Wildman–Crippen MR) is 111 cm³/mol. The molecule has 0 unspecified atom stereocenters. The number of aromatic nitrogens is 2. The highest BCUT2D eigenvalue weighted by Crippen LogP contribution is 2.20. The number of nitrogen functional groups attached to an aromatic ring is 1. The lowest BCUT2D eigenvalue weighted by atomic mass is 10.2. The van der Waals surface area contributed by atoms with E-state index in [1.54, 1.807) is 6.08 Å². The second-order valence-corrected chi connectivity index (χ2v) is 7.67. The van der Waals surface area contributed by atoms with Crippen LogP contribution in [-0.4, -0.2) is 22.0 Å². The summed E-state index contributed by atoms with van der Waals surface area (Å²) in [5.41, 5.74) is 4.98. The molecule has 0 bridgehead atoms. The van der Waals surface area contributed by atoms with Crippen LogP contribution >= 0.6 is 11.3 Å². The van der Waals surface area contributed by atoms with Gasteiger partial charge in [0.15, 0.2) is 5.69 Å². The molecule has 8 heteroatoms. The Kier molecular flexibility index (Phi) is 7.18. The largest absolute Gasteiger partial charge is 0.383 e. The quantitative estimate of drug-likeness (QED) is 0.677. The van der Waals surface area contributed by atoms with E-state index in [2.05, 4.69) is 4.98 Å². The van der Waals surface area contributed by atoms with Gasteiger partial charge in [0.2, 0.25) is 0 Å². The lowest BCUT2D eigenvalue weighted by Gasteiger charge is -2.25. The molecule has 0 radical (unpaired) electrons. The number of hydrogen-bond acceptors (Lipinski definition) is 5. The van der Waals surface area contributed by atoms with Gasteiger partial charge in [-0.3, -0.25) is 19.1 Å². The summed E-state index contributed by atoms with van der Waals surface area (Å²) in [5.74, 6) is -0.218. The molecule has 2 aromatic heterocycles. The second-order valence-electron chi connectivity index (χ2n) is 6.69. The van der Waals surface area contributed by atoms with Crippen LogP contribution in [0.4, 0.5) is 11.5 Å². The number of amides is 1. The van der Waals surface area contributed by atoms with Crippen molar-refractivity contribution in [3.05, 3.63) is 49.3 Å². The highest BCUT2D eigenvalue weighted by Gasteiger charge is 2.23. The number of carbonyl (C=O) groups excluding carboxylic acids is 1. The van der Waals surface area contributed by atoms with Crippen LogP contribution in [0.3, 0.4) is 0 Å². The maximum absolute atomic E-state index is 12.8. The third-order valence-electron chi connectivity index (χ3n) is 3.97. The summed E-state index contributed by atoms with van der Waals surface area (Å²) in [6.45, 7) is 6.59. The molecule has 27 heavy (non-hydrogen) atoms. The second kappa shape index (κ2) is 9.36. The molecule has 7 nitrogen and oxygen atoms in total. The molecule has 1 amide bonds. The Morgan fingerprint density at radius 1 is 1.41 bits per heavy atom. The normalized spacial score (nSPS) is 11.4. The van der Waals surface area contributed by atoms with E-state index < -0.39 is 11.2 Å². The van der Waals surface area contributed by atoms with Crippen LogP contribution in [0, 0.1) is 5.92 Å².